The molecule has 2 atom stereocenters. The minimum atomic E-state index is 0.671. The van der Waals surface area contributed by atoms with Gasteiger partial charge in [-0.1, -0.05) is 43.7 Å². The van der Waals surface area contributed by atoms with Gasteiger partial charge in [-0.3, -0.25) is 0 Å². The molecule has 2 heteroatoms. The molecule has 17 heavy (non-hydrogen) atoms. The molecular weight excluding hydrogens is 208 g/mol. The molecule has 2 N–H and O–H groups in total. The maximum Gasteiger partial charge on any atom is 0.00509 e. The van der Waals surface area contributed by atoms with Gasteiger partial charge in [0.15, 0.2) is 0 Å². The van der Waals surface area contributed by atoms with Crippen LogP contribution in [0.25, 0.3) is 0 Å². The van der Waals surface area contributed by atoms with Crippen LogP contribution >= 0.6 is 0 Å². The zero-order valence-corrected chi connectivity index (χ0v) is 10.8. The third-order valence-electron chi connectivity index (χ3n) is 3.97. The Morgan fingerprint density at radius 2 is 2.12 bits per heavy atom. The molecule has 1 fully saturated rings. The molecule has 1 aliphatic rings. The van der Waals surface area contributed by atoms with Gasteiger partial charge in [-0.15, -0.1) is 0 Å². The van der Waals surface area contributed by atoms with Crippen molar-refractivity contribution < 1.29 is 0 Å². The second kappa shape index (κ2) is 6.18. The Bertz CT molecular complexity index is 319. The van der Waals surface area contributed by atoms with E-state index in [1.165, 1.54) is 38.0 Å². The topological polar surface area (TPSA) is 29.3 Å². The van der Waals surface area contributed by atoms with Crippen LogP contribution in [0.5, 0.6) is 0 Å². The van der Waals surface area contributed by atoms with E-state index >= 15 is 0 Å². The highest BCUT2D eigenvalue weighted by Crippen LogP contribution is 2.27. The smallest absolute Gasteiger partial charge is 0.00509 e. The second-order valence-electron chi connectivity index (χ2n) is 5.17. The molecule has 1 saturated heterocycles. The Balaban J connectivity index is 1.87. The fraction of sp³-hybridized carbons (Fsp3) is 0.600. The molecule has 1 aromatic rings. The normalized spacial score (nSPS) is 22.8. The molecule has 2 rings (SSSR count). The molecule has 0 spiro atoms. The van der Waals surface area contributed by atoms with Gasteiger partial charge in [-0.05, 0) is 36.9 Å². The maximum atomic E-state index is 5.78. The van der Waals surface area contributed by atoms with Crippen molar-refractivity contribution in [3.8, 4) is 0 Å². The van der Waals surface area contributed by atoms with Crippen molar-refractivity contribution in [1.82, 2.24) is 4.90 Å². The summed E-state index contributed by atoms with van der Waals surface area (Å²) in [6.07, 6.45) is 2.49. The SMILES string of the molecule is CCC(CN)CN1CCC(c2ccccc2)C1. The Morgan fingerprint density at radius 3 is 2.76 bits per heavy atom. The van der Waals surface area contributed by atoms with Gasteiger partial charge in [-0.25, -0.2) is 0 Å². The monoisotopic (exact) mass is 232 g/mol. The summed E-state index contributed by atoms with van der Waals surface area (Å²) in [6.45, 7) is 6.68. The Labute approximate surface area is 105 Å². The molecule has 94 valence electrons. The van der Waals surface area contributed by atoms with E-state index in [0.717, 1.165) is 12.5 Å². The van der Waals surface area contributed by atoms with Crippen molar-refractivity contribution in [2.24, 2.45) is 11.7 Å². The van der Waals surface area contributed by atoms with Crippen LogP contribution in [0.4, 0.5) is 0 Å². The molecule has 2 unspecified atom stereocenters. The molecular formula is C15H24N2. The molecule has 0 saturated carbocycles. The molecule has 0 aromatic heterocycles. The van der Waals surface area contributed by atoms with E-state index in [0.29, 0.717) is 5.92 Å². The lowest BCUT2D eigenvalue weighted by Crippen LogP contribution is -2.31. The third-order valence-corrected chi connectivity index (χ3v) is 3.97. The summed E-state index contributed by atoms with van der Waals surface area (Å²) in [5.74, 6) is 1.40. The van der Waals surface area contributed by atoms with Crippen molar-refractivity contribution in [3.63, 3.8) is 0 Å². The zero-order valence-electron chi connectivity index (χ0n) is 10.8. The van der Waals surface area contributed by atoms with Crippen LogP contribution in [0.1, 0.15) is 31.2 Å². The van der Waals surface area contributed by atoms with Crippen LogP contribution in [0.2, 0.25) is 0 Å². The van der Waals surface area contributed by atoms with E-state index in [-0.39, 0.29) is 0 Å². The first kappa shape index (κ1) is 12.6. The minimum absolute atomic E-state index is 0.671. The number of rotatable bonds is 5. The lowest BCUT2D eigenvalue weighted by atomic mass is 9.99. The van der Waals surface area contributed by atoms with Gasteiger partial charge >= 0.3 is 0 Å². The van der Waals surface area contributed by atoms with Gasteiger partial charge in [0.1, 0.15) is 0 Å². The maximum absolute atomic E-state index is 5.78. The van der Waals surface area contributed by atoms with Crippen LogP contribution in [0.15, 0.2) is 30.3 Å². The molecule has 2 nitrogen and oxygen atoms in total. The van der Waals surface area contributed by atoms with Crippen LogP contribution in [0.3, 0.4) is 0 Å². The summed E-state index contributed by atoms with van der Waals surface area (Å²) in [5, 5.41) is 0. The van der Waals surface area contributed by atoms with E-state index in [1.807, 2.05) is 0 Å². The van der Waals surface area contributed by atoms with E-state index in [1.54, 1.807) is 0 Å². The molecule has 1 heterocycles. The number of hydrogen-bond donors (Lipinski definition) is 1. The Hall–Kier alpha value is -0.860. The van der Waals surface area contributed by atoms with Gasteiger partial charge in [0.05, 0.1) is 0 Å². The first-order valence-electron chi connectivity index (χ1n) is 6.80. The molecule has 0 radical (unpaired) electrons. The fourth-order valence-electron chi connectivity index (χ4n) is 2.73. The van der Waals surface area contributed by atoms with Crippen molar-refractivity contribution >= 4 is 0 Å². The van der Waals surface area contributed by atoms with E-state index in [9.17, 15) is 0 Å². The summed E-state index contributed by atoms with van der Waals surface area (Å²) in [5.41, 5.74) is 7.28. The highest BCUT2D eigenvalue weighted by Gasteiger charge is 2.24. The fourth-order valence-corrected chi connectivity index (χ4v) is 2.73. The number of nitrogens with two attached hydrogens (primary N) is 1. The average Bonchev–Trinajstić information content (AvgIpc) is 2.85. The molecule has 1 aromatic carbocycles. The van der Waals surface area contributed by atoms with Gasteiger partial charge in [0.25, 0.3) is 0 Å². The molecule has 1 aliphatic heterocycles. The Morgan fingerprint density at radius 1 is 1.35 bits per heavy atom. The van der Waals surface area contributed by atoms with Gasteiger partial charge in [-0.2, -0.15) is 0 Å². The molecule has 0 aliphatic carbocycles. The first-order valence-corrected chi connectivity index (χ1v) is 6.80. The van der Waals surface area contributed by atoms with E-state index in [4.69, 9.17) is 5.73 Å². The average molecular weight is 232 g/mol. The van der Waals surface area contributed by atoms with Crippen molar-refractivity contribution in [3.05, 3.63) is 35.9 Å². The second-order valence-corrected chi connectivity index (χ2v) is 5.17. The van der Waals surface area contributed by atoms with Gasteiger partial charge in [0.2, 0.25) is 0 Å². The van der Waals surface area contributed by atoms with Crippen LogP contribution in [0, 0.1) is 5.92 Å². The number of benzene rings is 1. The summed E-state index contributed by atoms with van der Waals surface area (Å²) >= 11 is 0. The number of hydrogen-bond acceptors (Lipinski definition) is 2. The standard InChI is InChI=1S/C15H24N2/c1-2-13(10-16)11-17-9-8-15(12-17)14-6-4-3-5-7-14/h3-7,13,15H,2,8-12,16H2,1H3. The van der Waals surface area contributed by atoms with E-state index < -0.39 is 0 Å². The summed E-state index contributed by atoms with van der Waals surface area (Å²) in [6, 6.07) is 10.9. The minimum Gasteiger partial charge on any atom is -0.330 e. The predicted octanol–water partition coefficient (Wildman–Crippen LogP) is 2.46. The predicted molar refractivity (Wildman–Crippen MR) is 73.1 cm³/mol. The summed E-state index contributed by atoms with van der Waals surface area (Å²) in [4.78, 5) is 2.58. The van der Waals surface area contributed by atoms with Crippen molar-refractivity contribution in [1.29, 1.82) is 0 Å². The summed E-state index contributed by atoms with van der Waals surface area (Å²) < 4.78 is 0. The first-order chi connectivity index (χ1) is 8.33. The van der Waals surface area contributed by atoms with Gasteiger partial charge < -0.3 is 10.6 Å². The highest BCUT2D eigenvalue weighted by molar-refractivity contribution is 5.20. The molecule has 0 amide bonds. The van der Waals surface area contributed by atoms with Gasteiger partial charge in [0, 0.05) is 13.1 Å². The zero-order chi connectivity index (χ0) is 12.1. The van der Waals surface area contributed by atoms with Crippen LogP contribution in [-0.4, -0.2) is 31.1 Å². The molecule has 0 bridgehead atoms. The summed E-state index contributed by atoms with van der Waals surface area (Å²) in [7, 11) is 0. The van der Waals surface area contributed by atoms with Crippen molar-refractivity contribution in [2.45, 2.75) is 25.7 Å². The third kappa shape index (κ3) is 3.30. The quantitative estimate of drug-likeness (QED) is 0.845. The van der Waals surface area contributed by atoms with E-state index in [2.05, 4.69) is 42.2 Å². The lowest BCUT2D eigenvalue weighted by Gasteiger charge is -2.21. The number of likely N-dealkylation sites (tertiary alicyclic amines) is 1. The largest absolute Gasteiger partial charge is 0.330 e. The highest BCUT2D eigenvalue weighted by atomic mass is 15.1. The lowest BCUT2D eigenvalue weighted by molar-refractivity contribution is 0.273. The Kier molecular flexibility index (Phi) is 4.57. The van der Waals surface area contributed by atoms with Crippen LogP contribution in [-0.2, 0) is 0 Å². The van der Waals surface area contributed by atoms with Crippen molar-refractivity contribution in [2.75, 3.05) is 26.2 Å². The van der Waals surface area contributed by atoms with Crippen LogP contribution < -0.4 is 5.73 Å². The number of nitrogens with zero attached hydrogens (tertiary/aromatic N) is 1.